The molecule has 1 aromatic rings. The molecule has 4 rings (SSSR count). The summed E-state index contributed by atoms with van der Waals surface area (Å²) in [6.45, 7) is 7.38. The summed E-state index contributed by atoms with van der Waals surface area (Å²) in [7, 11) is 0. The predicted molar refractivity (Wildman–Crippen MR) is 80.5 cm³/mol. The molecule has 3 nitrogen and oxygen atoms in total. The van der Waals surface area contributed by atoms with E-state index < -0.39 is 0 Å². The number of hydrogen-bond acceptors (Lipinski definition) is 3. The molecule has 0 aliphatic carbocycles. The Balaban J connectivity index is 1.55. The highest BCUT2D eigenvalue weighted by atomic mass is 16.6. The van der Waals surface area contributed by atoms with Crippen LogP contribution in [-0.4, -0.2) is 23.9 Å². The van der Waals surface area contributed by atoms with Gasteiger partial charge in [0.2, 0.25) is 0 Å². The van der Waals surface area contributed by atoms with Crippen molar-refractivity contribution in [3.63, 3.8) is 0 Å². The molecule has 0 amide bonds. The highest BCUT2D eigenvalue weighted by Crippen LogP contribution is 2.56. The molecular formula is C18H24O3. The van der Waals surface area contributed by atoms with Crippen LogP contribution in [0.15, 0.2) is 24.3 Å². The molecule has 4 atom stereocenters. The molecule has 0 spiro atoms. The largest absolute Gasteiger partial charge is 0.490 e. The monoisotopic (exact) mass is 288 g/mol. The topological polar surface area (TPSA) is 27.7 Å². The van der Waals surface area contributed by atoms with Gasteiger partial charge in [0.25, 0.3) is 0 Å². The second-order valence-corrected chi connectivity index (χ2v) is 7.30. The second kappa shape index (κ2) is 4.47. The van der Waals surface area contributed by atoms with Gasteiger partial charge in [0.15, 0.2) is 0 Å². The first kappa shape index (κ1) is 13.6. The third-order valence-corrected chi connectivity index (χ3v) is 5.73. The molecule has 4 unspecified atom stereocenters. The molecule has 0 radical (unpaired) electrons. The molecule has 114 valence electrons. The van der Waals surface area contributed by atoms with Crippen molar-refractivity contribution in [2.45, 2.75) is 63.4 Å². The average molecular weight is 288 g/mol. The SMILES string of the molecule is CC(C)C12CCC(C)(O1)C(OC1COc3ccccc31)C2. The standard InChI is InChI=1S/C18H24O3/c1-12(2)18-9-8-17(3,21-18)16(10-18)20-15-11-19-14-7-5-4-6-13(14)15/h4-7,12,15-16H,8-11H2,1-3H3. The van der Waals surface area contributed by atoms with Gasteiger partial charge >= 0.3 is 0 Å². The maximum Gasteiger partial charge on any atom is 0.125 e. The Morgan fingerprint density at radius 3 is 2.81 bits per heavy atom. The first-order valence-electron chi connectivity index (χ1n) is 8.10. The van der Waals surface area contributed by atoms with Crippen LogP contribution in [0.5, 0.6) is 5.75 Å². The van der Waals surface area contributed by atoms with Crippen LogP contribution in [-0.2, 0) is 9.47 Å². The van der Waals surface area contributed by atoms with Gasteiger partial charge in [-0.05, 0) is 31.7 Å². The summed E-state index contributed by atoms with van der Waals surface area (Å²) in [5, 5.41) is 0. The van der Waals surface area contributed by atoms with Crippen LogP contribution in [0, 0.1) is 5.92 Å². The predicted octanol–water partition coefficient (Wildman–Crippen LogP) is 3.87. The molecule has 21 heavy (non-hydrogen) atoms. The zero-order valence-electron chi connectivity index (χ0n) is 13.1. The minimum absolute atomic E-state index is 0.0262. The summed E-state index contributed by atoms with van der Waals surface area (Å²) >= 11 is 0. The van der Waals surface area contributed by atoms with Crippen LogP contribution in [0.1, 0.15) is 51.7 Å². The summed E-state index contributed by atoms with van der Waals surface area (Å²) in [6, 6.07) is 8.20. The summed E-state index contributed by atoms with van der Waals surface area (Å²) in [5.41, 5.74) is 1.09. The summed E-state index contributed by atoms with van der Waals surface area (Å²) in [4.78, 5) is 0. The molecule has 0 N–H and O–H groups in total. The zero-order chi connectivity index (χ0) is 14.7. The number of fused-ring (bicyclic) bond motifs is 3. The Hall–Kier alpha value is -1.06. The van der Waals surface area contributed by atoms with E-state index in [-0.39, 0.29) is 23.4 Å². The maximum atomic E-state index is 6.46. The van der Waals surface area contributed by atoms with Crippen LogP contribution in [0.4, 0.5) is 0 Å². The molecule has 0 aromatic heterocycles. The molecule has 3 heteroatoms. The van der Waals surface area contributed by atoms with Crippen LogP contribution in [0.25, 0.3) is 0 Å². The summed E-state index contributed by atoms with van der Waals surface area (Å²) < 4.78 is 18.7. The minimum Gasteiger partial charge on any atom is -0.490 e. The number of hydrogen-bond donors (Lipinski definition) is 0. The van der Waals surface area contributed by atoms with Crippen LogP contribution in [0.3, 0.4) is 0 Å². The molecule has 3 heterocycles. The molecule has 2 saturated heterocycles. The van der Waals surface area contributed by atoms with E-state index in [9.17, 15) is 0 Å². The van der Waals surface area contributed by atoms with E-state index in [0.717, 1.165) is 18.6 Å². The van der Waals surface area contributed by atoms with Crippen LogP contribution in [0.2, 0.25) is 0 Å². The minimum atomic E-state index is -0.123. The maximum absolute atomic E-state index is 6.46. The highest BCUT2D eigenvalue weighted by Gasteiger charge is 2.61. The van der Waals surface area contributed by atoms with Gasteiger partial charge in [0, 0.05) is 12.0 Å². The average Bonchev–Trinajstić information content (AvgIpc) is 3.10. The number of rotatable bonds is 3. The molecule has 3 aliphatic rings. The van der Waals surface area contributed by atoms with Gasteiger partial charge in [0.1, 0.15) is 18.5 Å². The van der Waals surface area contributed by atoms with E-state index in [0.29, 0.717) is 12.5 Å². The molecule has 3 aliphatic heterocycles. The smallest absolute Gasteiger partial charge is 0.125 e. The van der Waals surface area contributed by atoms with Crippen molar-refractivity contribution >= 4 is 0 Å². The van der Waals surface area contributed by atoms with Gasteiger partial charge < -0.3 is 14.2 Å². The van der Waals surface area contributed by atoms with Crippen molar-refractivity contribution in [3.05, 3.63) is 29.8 Å². The second-order valence-electron chi connectivity index (χ2n) is 7.30. The van der Waals surface area contributed by atoms with Gasteiger partial charge in [0.05, 0.1) is 17.3 Å². The number of benzene rings is 1. The van der Waals surface area contributed by atoms with Crippen molar-refractivity contribution < 1.29 is 14.2 Å². The van der Waals surface area contributed by atoms with E-state index in [1.165, 1.54) is 12.0 Å². The fourth-order valence-electron chi connectivity index (χ4n) is 4.20. The Morgan fingerprint density at radius 2 is 2.05 bits per heavy atom. The van der Waals surface area contributed by atoms with Gasteiger partial charge in [-0.2, -0.15) is 0 Å². The lowest BCUT2D eigenvalue weighted by atomic mass is 9.75. The van der Waals surface area contributed by atoms with Crippen molar-refractivity contribution in [1.82, 2.24) is 0 Å². The Labute approximate surface area is 126 Å². The lowest BCUT2D eigenvalue weighted by Crippen LogP contribution is -2.39. The Bertz CT molecular complexity index is 555. The van der Waals surface area contributed by atoms with Crippen molar-refractivity contribution in [3.8, 4) is 5.75 Å². The van der Waals surface area contributed by atoms with Crippen LogP contribution < -0.4 is 4.74 Å². The molecule has 1 aromatic carbocycles. The lowest BCUT2D eigenvalue weighted by molar-refractivity contribution is -0.112. The lowest BCUT2D eigenvalue weighted by Gasteiger charge is -2.32. The molecule has 0 saturated carbocycles. The summed E-state index contributed by atoms with van der Waals surface area (Å²) in [6.07, 6.45) is 3.51. The molecule has 2 fully saturated rings. The normalized spacial score (nSPS) is 40.6. The van der Waals surface area contributed by atoms with E-state index >= 15 is 0 Å². The van der Waals surface area contributed by atoms with Gasteiger partial charge in [-0.1, -0.05) is 32.0 Å². The van der Waals surface area contributed by atoms with Crippen molar-refractivity contribution in [2.75, 3.05) is 6.61 Å². The third kappa shape index (κ3) is 1.94. The summed E-state index contributed by atoms with van der Waals surface area (Å²) in [5.74, 6) is 1.51. The molecule has 2 bridgehead atoms. The number of para-hydroxylation sites is 1. The van der Waals surface area contributed by atoms with Crippen molar-refractivity contribution in [1.29, 1.82) is 0 Å². The zero-order valence-corrected chi connectivity index (χ0v) is 13.1. The fraction of sp³-hybridized carbons (Fsp3) is 0.667. The highest BCUT2D eigenvalue weighted by molar-refractivity contribution is 5.38. The first-order chi connectivity index (χ1) is 10.0. The van der Waals surface area contributed by atoms with Gasteiger partial charge in [-0.3, -0.25) is 0 Å². The Kier molecular flexibility index (Phi) is 2.89. The number of ether oxygens (including phenoxy) is 3. The van der Waals surface area contributed by atoms with Gasteiger partial charge in [-0.25, -0.2) is 0 Å². The van der Waals surface area contributed by atoms with E-state index in [4.69, 9.17) is 14.2 Å². The van der Waals surface area contributed by atoms with Crippen molar-refractivity contribution in [2.24, 2.45) is 5.92 Å². The van der Waals surface area contributed by atoms with E-state index in [1.54, 1.807) is 0 Å². The molecular weight excluding hydrogens is 264 g/mol. The van der Waals surface area contributed by atoms with Crippen LogP contribution >= 0.6 is 0 Å². The first-order valence-corrected chi connectivity index (χ1v) is 8.10. The van der Waals surface area contributed by atoms with E-state index in [1.807, 2.05) is 12.1 Å². The fourth-order valence-corrected chi connectivity index (χ4v) is 4.20. The van der Waals surface area contributed by atoms with E-state index in [2.05, 4.69) is 32.9 Å². The Morgan fingerprint density at radius 1 is 1.24 bits per heavy atom. The quantitative estimate of drug-likeness (QED) is 0.845. The third-order valence-electron chi connectivity index (χ3n) is 5.73. The van der Waals surface area contributed by atoms with Gasteiger partial charge in [-0.15, -0.1) is 0 Å².